The van der Waals surface area contributed by atoms with E-state index in [9.17, 15) is 12.8 Å². The Hall–Kier alpha value is -1.95. The summed E-state index contributed by atoms with van der Waals surface area (Å²) < 4.78 is 39.8. The fraction of sp³-hybridized carbons (Fsp3) is 0.154. The molecule has 19 heavy (non-hydrogen) atoms. The summed E-state index contributed by atoms with van der Waals surface area (Å²) in [6.07, 6.45) is 0.690. The molecule has 0 saturated carbocycles. The van der Waals surface area contributed by atoms with Crippen LogP contribution in [0.4, 0.5) is 10.2 Å². The van der Waals surface area contributed by atoms with Crippen LogP contribution in [0, 0.1) is 5.82 Å². The molecule has 0 radical (unpaired) electrons. The van der Waals surface area contributed by atoms with Crippen molar-refractivity contribution >= 4 is 15.8 Å². The Labute approximate surface area is 111 Å². The minimum atomic E-state index is -3.96. The molecule has 0 fully saturated rings. The van der Waals surface area contributed by atoms with E-state index in [4.69, 9.17) is 0 Å². The van der Waals surface area contributed by atoms with E-state index in [0.717, 1.165) is 11.8 Å². The molecule has 0 bridgehead atoms. The van der Waals surface area contributed by atoms with Crippen LogP contribution in [0.5, 0.6) is 0 Å². The summed E-state index contributed by atoms with van der Waals surface area (Å²) in [6, 6.07) is 10.2. The summed E-state index contributed by atoms with van der Waals surface area (Å²) in [5, 5.41) is 0. The second kappa shape index (κ2) is 5.36. The van der Waals surface area contributed by atoms with Crippen LogP contribution in [0.2, 0.25) is 0 Å². The molecule has 1 N–H and O–H groups in total. The van der Waals surface area contributed by atoms with Crippen molar-refractivity contribution in [3.63, 3.8) is 0 Å². The second-order valence-electron chi connectivity index (χ2n) is 3.90. The molecule has 4 nitrogen and oxygen atoms in total. The molecule has 0 amide bonds. The van der Waals surface area contributed by atoms with Crippen molar-refractivity contribution in [2.45, 2.75) is 18.2 Å². The molecule has 0 aliphatic heterocycles. The molecule has 0 aliphatic rings. The first kappa shape index (κ1) is 13.5. The Morgan fingerprint density at radius 2 is 1.89 bits per heavy atom. The highest BCUT2D eigenvalue weighted by molar-refractivity contribution is 7.92. The second-order valence-corrected chi connectivity index (χ2v) is 5.55. The number of hydrogen-bond acceptors (Lipinski definition) is 3. The average molecular weight is 280 g/mol. The van der Waals surface area contributed by atoms with Crippen LogP contribution in [-0.2, 0) is 16.4 Å². The van der Waals surface area contributed by atoms with Crippen LogP contribution in [0.1, 0.15) is 12.6 Å². The lowest BCUT2D eigenvalue weighted by Crippen LogP contribution is -2.15. The third-order valence-corrected chi connectivity index (χ3v) is 3.92. The number of halogens is 1. The number of rotatable bonds is 4. The summed E-state index contributed by atoms with van der Waals surface area (Å²) in [7, 11) is -3.96. The van der Waals surface area contributed by atoms with Crippen LogP contribution in [0.25, 0.3) is 0 Å². The van der Waals surface area contributed by atoms with Crippen LogP contribution < -0.4 is 4.72 Å². The maximum atomic E-state index is 13.5. The first-order chi connectivity index (χ1) is 9.03. The van der Waals surface area contributed by atoms with Gasteiger partial charge in [-0.2, -0.15) is 0 Å². The van der Waals surface area contributed by atoms with Gasteiger partial charge in [0.15, 0.2) is 0 Å². The van der Waals surface area contributed by atoms with Gasteiger partial charge < -0.3 is 0 Å². The number of anilines is 1. The van der Waals surface area contributed by atoms with Gasteiger partial charge >= 0.3 is 0 Å². The van der Waals surface area contributed by atoms with Crippen molar-refractivity contribution in [2.75, 3.05) is 4.72 Å². The third-order valence-electron chi connectivity index (χ3n) is 2.53. The number of nitrogens with one attached hydrogen (secondary N) is 1. The molecule has 1 aromatic heterocycles. The maximum absolute atomic E-state index is 13.5. The first-order valence-corrected chi connectivity index (χ1v) is 7.24. The number of sulfonamides is 1. The summed E-state index contributed by atoms with van der Waals surface area (Å²) in [5.41, 5.74) is 0.758. The number of aromatic nitrogens is 1. The van der Waals surface area contributed by atoms with E-state index in [-0.39, 0.29) is 5.82 Å². The molecule has 0 unspecified atom stereocenters. The highest BCUT2D eigenvalue weighted by atomic mass is 32.2. The lowest BCUT2D eigenvalue weighted by molar-refractivity contribution is 0.570. The van der Waals surface area contributed by atoms with Crippen molar-refractivity contribution in [2.24, 2.45) is 0 Å². The summed E-state index contributed by atoms with van der Waals surface area (Å²) in [6.45, 7) is 1.91. The Bertz CT molecular complexity index is 687. The Morgan fingerprint density at radius 3 is 2.58 bits per heavy atom. The molecular weight excluding hydrogens is 267 g/mol. The third kappa shape index (κ3) is 3.08. The monoisotopic (exact) mass is 280 g/mol. The predicted molar refractivity (Wildman–Crippen MR) is 70.8 cm³/mol. The summed E-state index contributed by atoms with van der Waals surface area (Å²) in [4.78, 5) is 3.73. The van der Waals surface area contributed by atoms with Gasteiger partial charge in [0.05, 0.1) is 0 Å². The summed E-state index contributed by atoms with van der Waals surface area (Å²) >= 11 is 0. The molecule has 6 heteroatoms. The fourth-order valence-electron chi connectivity index (χ4n) is 1.59. The van der Waals surface area contributed by atoms with Crippen molar-refractivity contribution in [1.82, 2.24) is 4.98 Å². The predicted octanol–water partition coefficient (Wildman–Crippen LogP) is 2.58. The van der Waals surface area contributed by atoms with Gasteiger partial charge in [0.1, 0.15) is 16.5 Å². The van der Waals surface area contributed by atoms with E-state index >= 15 is 0 Å². The van der Waals surface area contributed by atoms with Crippen LogP contribution in [-0.4, -0.2) is 13.4 Å². The van der Waals surface area contributed by atoms with Gasteiger partial charge in [0.25, 0.3) is 10.0 Å². The zero-order valence-electron chi connectivity index (χ0n) is 10.3. The Morgan fingerprint density at radius 1 is 1.16 bits per heavy atom. The number of pyridine rings is 1. The zero-order valence-corrected chi connectivity index (χ0v) is 11.1. The maximum Gasteiger partial charge on any atom is 0.265 e. The molecular formula is C13H13FN2O2S. The lowest BCUT2D eigenvalue weighted by atomic mass is 10.3. The van der Waals surface area contributed by atoms with E-state index in [1.54, 1.807) is 12.1 Å². The number of hydrogen-bond donors (Lipinski definition) is 1. The molecule has 2 rings (SSSR count). The molecule has 100 valence electrons. The van der Waals surface area contributed by atoms with E-state index in [1.807, 2.05) is 6.92 Å². The van der Waals surface area contributed by atoms with Crippen LogP contribution in [0.15, 0.2) is 47.4 Å². The minimum absolute atomic E-state index is 0.183. The summed E-state index contributed by atoms with van der Waals surface area (Å²) in [5.74, 6) is -0.607. The number of nitrogens with zero attached hydrogens (tertiary/aromatic N) is 1. The van der Waals surface area contributed by atoms with E-state index < -0.39 is 20.7 Å². The molecule has 0 aliphatic carbocycles. The highest BCUT2D eigenvalue weighted by Gasteiger charge is 2.18. The van der Waals surface area contributed by atoms with Crippen molar-refractivity contribution in [1.29, 1.82) is 0 Å². The topological polar surface area (TPSA) is 59.1 Å². The Kier molecular flexibility index (Phi) is 3.80. The first-order valence-electron chi connectivity index (χ1n) is 5.76. The van der Waals surface area contributed by atoms with Gasteiger partial charge in [-0.15, -0.1) is 0 Å². The van der Waals surface area contributed by atoms with Crippen molar-refractivity contribution in [3.8, 4) is 0 Å². The largest absolute Gasteiger partial charge is 0.265 e. The van der Waals surface area contributed by atoms with E-state index in [1.165, 1.54) is 24.3 Å². The van der Waals surface area contributed by atoms with Crippen molar-refractivity contribution in [3.05, 3.63) is 54.0 Å². The van der Waals surface area contributed by atoms with Gasteiger partial charge in [-0.3, -0.25) is 4.72 Å². The van der Waals surface area contributed by atoms with E-state index in [0.29, 0.717) is 6.42 Å². The standard InChI is InChI=1S/C13H13FN2O2S/c1-2-10-6-5-9-13(15-10)16-19(17,18)12-8-4-3-7-11(12)14/h3-9H,2H2,1H3,(H,15,16). The van der Waals surface area contributed by atoms with Gasteiger partial charge in [-0.25, -0.2) is 17.8 Å². The van der Waals surface area contributed by atoms with Crippen LogP contribution >= 0.6 is 0 Å². The normalized spacial score (nSPS) is 11.3. The number of aryl methyl sites for hydroxylation is 1. The Balaban J connectivity index is 2.34. The fourth-order valence-corrected chi connectivity index (χ4v) is 2.67. The van der Waals surface area contributed by atoms with Crippen LogP contribution in [0.3, 0.4) is 0 Å². The minimum Gasteiger partial charge on any atom is -0.263 e. The zero-order chi connectivity index (χ0) is 13.9. The van der Waals surface area contributed by atoms with Gasteiger partial charge in [-0.05, 0) is 30.7 Å². The molecule has 1 aromatic carbocycles. The molecule has 1 heterocycles. The SMILES string of the molecule is CCc1cccc(NS(=O)(=O)c2ccccc2F)n1. The van der Waals surface area contributed by atoms with Gasteiger partial charge in [-0.1, -0.05) is 25.1 Å². The lowest BCUT2D eigenvalue weighted by Gasteiger charge is -2.08. The molecule has 0 spiro atoms. The van der Waals surface area contributed by atoms with Crippen molar-refractivity contribution < 1.29 is 12.8 Å². The molecule has 0 saturated heterocycles. The van der Waals surface area contributed by atoms with Gasteiger partial charge in [0.2, 0.25) is 0 Å². The average Bonchev–Trinajstić information content (AvgIpc) is 2.38. The highest BCUT2D eigenvalue weighted by Crippen LogP contribution is 2.17. The molecule has 0 atom stereocenters. The van der Waals surface area contributed by atoms with E-state index in [2.05, 4.69) is 9.71 Å². The molecule has 2 aromatic rings. The number of benzene rings is 1. The quantitative estimate of drug-likeness (QED) is 0.936. The van der Waals surface area contributed by atoms with Gasteiger partial charge in [0, 0.05) is 5.69 Å². The smallest absolute Gasteiger partial charge is 0.263 e.